The molecule has 0 bridgehead atoms. The van der Waals surface area contributed by atoms with Gasteiger partial charge in [-0.1, -0.05) is 54.6 Å². The van der Waals surface area contributed by atoms with Crippen LogP contribution in [0.1, 0.15) is 11.1 Å². The van der Waals surface area contributed by atoms with Crippen LogP contribution in [0, 0.1) is 5.82 Å². The third-order valence-electron chi connectivity index (χ3n) is 4.02. The standard InChI is InChI=1S/C21H16FN3/c22-18-12-10-16(11-13-18)14-23-21-24-19-8-4-5-9-20(19)25(21)15-17-6-2-1-3-7-17/h1-14H,15H2/b23-14+. The van der Waals surface area contributed by atoms with E-state index in [2.05, 4.69) is 26.7 Å². The van der Waals surface area contributed by atoms with Crippen LogP contribution in [-0.2, 0) is 6.54 Å². The number of fused-ring (bicyclic) bond motifs is 1. The fourth-order valence-corrected chi connectivity index (χ4v) is 2.76. The number of aliphatic imine (C=N–C) groups is 1. The van der Waals surface area contributed by atoms with E-state index >= 15 is 0 Å². The number of halogens is 1. The zero-order chi connectivity index (χ0) is 17.1. The second kappa shape index (κ2) is 6.69. The lowest BCUT2D eigenvalue weighted by Gasteiger charge is -2.06. The predicted molar refractivity (Wildman–Crippen MR) is 98.9 cm³/mol. The quantitative estimate of drug-likeness (QED) is 0.486. The Bertz CT molecular complexity index is 1020. The van der Waals surface area contributed by atoms with E-state index < -0.39 is 0 Å². The van der Waals surface area contributed by atoms with E-state index in [0.717, 1.165) is 16.6 Å². The van der Waals surface area contributed by atoms with Crippen molar-refractivity contribution in [2.24, 2.45) is 4.99 Å². The first kappa shape index (κ1) is 15.3. The minimum Gasteiger partial charge on any atom is -0.304 e. The van der Waals surface area contributed by atoms with Gasteiger partial charge in [0.05, 0.1) is 17.6 Å². The molecule has 0 atom stereocenters. The Labute approximate surface area is 145 Å². The van der Waals surface area contributed by atoms with E-state index in [9.17, 15) is 4.39 Å². The van der Waals surface area contributed by atoms with Gasteiger partial charge >= 0.3 is 0 Å². The summed E-state index contributed by atoms with van der Waals surface area (Å²) in [5.41, 5.74) is 3.96. The summed E-state index contributed by atoms with van der Waals surface area (Å²) in [6.45, 7) is 0.692. The lowest BCUT2D eigenvalue weighted by Crippen LogP contribution is -1.99. The summed E-state index contributed by atoms with van der Waals surface area (Å²) in [6.07, 6.45) is 1.71. The summed E-state index contributed by atoms with van der Waals surface area (Å²) in [5, 5.41) is 0. The van der Waals surface area contributed by atoms with Gasteiger partial charge in [-0.15, -0.1) is 0 Å². The van der Waals surface area contributed by atoms with Crippen LogP contribution in [-0.4, -0.2) is 15.8 Å². The average Bonchev–Trinajstić information content (AvgIpc) is 3.00. The fourth-order valence-electron chi connectivity index (χ4n) is 2.76. The second-order valence-corrected chi connectivity index (χ2v) is 5.78. The predicted octanol–water partition coefficient (Wildman–Crippen LogP) is 4.97. The maximum absolute atomic E-state index is 13.0. The molecule has 1 heterocycles. The van der Waals surface area contributed by atoms with Crippen molar-refractivity contribution < 1.29 is 4.39 Å². The van der Waals surface area contributed by atoms with Gasteiger partial charge in [-0.05, 0) is 35.4 Å². The minimum atomic E-state index is -0.256. The molecule has 4 heteroatoms. The Morgan fingerprint density at radius 3 is 2.40 bits per heavy atom. The molecule has 0 spiro atoms. The first-order valence-corrected chi connectivity index (χ1v) is 8.08. The van der Waals surface area contributed by atoms with Gasteiger partial charge in [0.25, 0.3) is 0 Å². The number of nitrogens with zero attached hydrogens (tertiary/aromatic N) is 3. The number of benzene rings is 3. The SMILES string of the molecule is Fc1ccc(/C=N/c2nc3ccccc3n2Cc2ccccc2)cc1. The van der Waals surface area contributed by atoms with Crippen molar-refractivity contribution in [1.82, 2.24) is 9.55 Å². The molecule has 0 amide bonds. The summed E-state index contributed by atoms with van der Waals surface area (Å²) in [4.78, 5) is 9.18. The highest BCUT2D eigenvalue weighted by Crippen LogP contribution is 2.23. The van der Waals surface area contributed by atoms with Crippen molar-refractivity contribution in [3.8, 4) is 0 Å². The van der Waals surface area contributed by atoms with E-state index in [1.165, 1.54) is 17.7 Å². The molecule has 0 aliphatic heterocycles. The second-order valence-electron chi connectivity index (χ2n) is 5.78. The minimum absolute atomic E-state index is 0.256. The highest BCUT2D eigenvalue weighted by molar-refractivity contribution is 5.83. The largest absolute Gasteiger partial charge is 0.304 e. The first-order valence-electron chi connectivity index (χ1n) is 8.08. The van der Waals surface area contributed by atoms with Gasteiger partial charge in [0, 0.05) is 6.21 Å². The van der Waals surface area contributed by atoms with Gasteiger partial charge in [-0.3, -0.25) is 0 Å². The molecule has 4 rings (SSSR count). The van der Waals surface area contributed by atoms with Gasteiger partial charge in [-0.25, -0.2) is 14.4 Å². The molecule has 0 fully saturated rings. The van der Waals surface area contributed by atoms with Crippen molar-refractivity contribution in [2.45, 2.75) is 6.54 Å². The Morgan fingerprint density at radius 2 is 1.60 bits per heavy atom. The molecule has 0 saturated heterocycles. The molecule has 3 nitrogen and oxygen atoms in total. The lowest BCUT2D eigenvalue weighted by atomic mass is 10.2. The van der Waals surface area contributed by atoms with Crippen molar-refractivity contribution in [2.75, 3.05) is 0 Å². The smallest absolute Gasteiger partial charge is 0.230 e. The molecule has 0 unspecified atom stereocenters. The van der Waals surface area contributed by atoms with Crippen LogP contribution in [0.3, 0.4) is 0 Å². The van der Waals surface area contributed by atoms with Crippen LogP contribution in [0.4, 0.5) is 10.3 Å². The highest BCUT2D eigenvalue weighted by atomic mass is 19.1. The molecule has 122 valence electrons. The number of aromatic nitrogens is 2. The third-order valence-corrected chi connectivity index (χ3v) is 4.02. The Hall–Kier alpha value is -3.27. The molecule has 0 radical (unpaired) electrons. The van der Waals surface area contributed by atoms with Crippen molar-refractivity contribution in [3.05, 3.63) is 95.8 Å². The first-order chi connectivity index (χ1) is 12.3. The van der Waals surface area contributed by atoms with E-state index in [1.54, 1.807) is 18.3 Å². The molecule has 1 aromatic heterocycles. The Kier molecular flexibility index (Phi) is 4.09. The van der Waals surface area contributed by atoms with E-state index in [-0.39, 0.29) is 5.82 Å². The molecule has 25 heavy (non-hydrogen) atoms. The Balaban J connectivity index is 1.74. The fraction of sp³-hybridized carbons (Fsp3) is 0.0476. The maximum Gasteiger partial charge on any atom is 0.230 e. The van der Waals surface area contributed by atoms with Crippen molar-refractivity contribution in [1.29, 1.82) is 0 Å². The molecular weight excluding hydrogens is 313 g/mol. The molecule has 3 aromatic carbocycles. The summed E-state index contributed by atoms with van der Waals surface area (Å²) in [5.74, 6) is 0.378. The highest BCUT2D eigenvalue weighted by Gasteiger charge is 2.09. The van der Waals surface area contributed by atoms with E-state index in [0.29, 0.717) is 12.5 Å². The monoisotopic (exact) mass is 329 g/mol. The van der Waals surface area contributed by atoms with Gasteiger partial charge < -0.3 is 4.57 Å². The zero-order valence-corrected chi connectivity index (χ0v) is 13.5. The molecular formula is C21H16FN3. The number of rotatable bonds is 4. The topological polar surface area (TPSA) is 30.2 Å². The number of hydrogen-bond donors (Lipinski definition) is 0. The van der Waals surface area contributed by atoms with Crippen LogP contribution in [0.5, 0.6) is 0 Å². The Morgan fingerprint density at radius 1 is 0.880 bits per heavy atom. The van der Waals surface area contributed by atoms with Crippen LogP contribution in [0.2, 0.25) is 0 Å². The summed E-state index contributed by atoms with van der Waals surface area (Å²) in [7, 11) is 0. The van der Waals surface area contributed by atoms with Crippen LogP contribution >= 0.6 is 0 Å². The maximum atomic E-state index is 13.0. The van der Waals surface area contributed by atoms with Crippen LogP contribution in [0.25, 0.3) is 11.0 Å². The normalized spacial score (nSPS) is 11.4. The summed E-state index contributed by atoms with van der Waals surface area (Å²) in [6, 6.07) is 24.5. The van der Waals surface area contributed by atoms with Gasteiger partial charge in [0.1, 0.15) is 5.82 Å². The average molecular weight is 329 g/mol. The molecule has 0 aliphatic rings. The van der Waals surface area contributed by atoms with Gasteiger partial charge in [-0.2, -0.15) is 0 Å². The zero-order valence-electron chi connectivity index (χ0n) is 13.5. The number of imidazole rings is 1. The van der Waals surface area contributed by atoms with Crippen molar-refractivity contribution in [3.63, 3.8) is 0 Å². The summed E-state index contributed by atoms with van der Waals surface area (Å²) < 4.78 is 15.1. The molecule has 0 saturated carbocycles. The van der Waals surface area contributed by atoms with Crippen LogP contribution < -0.4 is 0 Å². The number of para-hydroxylation sites is 2. The van der Waals surface area contributed by atoms with Gasteiger partial charge in [0.2, 0.25) is 5.95 Å². The lowest BCUT2D eigenvalue weighted by molar-refractivity contribution is 0.628. The number of hydrogen-bond acceptors (Lipinski definition) is 2. The summed E-state index contributed by atoms with van der Waals surface area (Å²) >= 11 is 0. The van der Waals surface area contributed by atoms with Crippen LogP contribution in [0.15, 0.2) is 83.9 Å². The molecule has 0 N–H and O–H groups in total. The van der Waals surface area contributed by atoms with Crippen molar-refractivity contribution >= 4 is 23.2 Å². The molecule has 0 aliphatic carbocycles. The van der Waals surface area contributed by atoms with E-state index in [4.69, 9.17) is 0 Å². The molecule has 4 aromatic rings. The third kappa shape index (κ3) is 3.33. The van der Waals surface area contributed by atoms with E-state index in [1.807, 2.05) is 42.5 Å². The van der Waals surface area contributed by atoms with Gasteiger partial charge in [0.15, 0.2) is 0 Å².